The number of hydrogen-bond acceptors (Lipinski definition) is 4. The standard InChI is InChI=1S/C21H21F3N2O4/c22-21(23,24)14-4-3-5-16(12-14)30-15-8-10-26(11-9-15)20(28)17-6-1-2-7-18(17)29-13-19(25)27/h1-7,12,15H,8-11,13H2,(H2,25,27). The number of carbonyl (C=O) groups excluding carboxylic acids is 2. The lowest BCUT2D eigenvalue weighted by Crippen LogP contribution is -2.42. The van der Waals surface area contributed by atoms with E-state index in [2.05, 4.69) is 0 Å². The summed E-state index contributed by atoms with van der Waals surface area (Å²) in [6, 6.07) is 11.3. The Labute approximate surface area is 171 Å². The molecular formula is C21H21F3N2O4. The second-order valence-electron chi connectivity index (χ2n) is 6.89. The highest BCUT2D eigenvalue weighted by molar-refractivity contribution is 5.97. The number of nitrogens with two attached hydrogens (primary N) is 1. The summed E-state index contributed by atoms with van der Waals surface area (Å²) in [6.45, 7) is 0.427. The normalized spacial score (nSPS) is 15.0. The Bertz CT molecular complexity index is 909. The number of benzene rings is 2. The zero-order chi connectivity index (χ0) is 21.7. The van der Waals surface area contributed by atoms with Crippen molar-refractivity contribution in [1.82, 2.24) is 4.90 Å². The lowest BCUT2D eigenvalue weighted by molar-refractivity contribution is -0.137. The monoisotopic (exact) mass is 422 g/mol. The van der Waals surface area contributed by atoms with Crippen molar-refractivity contribution in [2.24, 2.45) is 5.73 Å². The first-order chi connectivity index (χ1) is 14.2. The summed E-state index contributed by atoms with van der Waals surface area (Å²) < 4.78 is 49.5. The van der Waals surface area contributed by atoms with Gasteiger partial charge in [0.15, 0.2) is 6.61 Å². The van der Waals surface area contributed by atoms with Gasteiger partial charge in [0, 0.05) is 25.9 Å². The maximum absolute atomic E-state index is 12.8. The van der Waals surface area contributed by atoms with E-state index in [4.69, 9.17) is 15.2 Å². The van der Waals surface area contributed by atoms with Crippen molar-refractivity contribution >= 4 is 11.8 Å². The minimum atomic E-state index is -4.43. The summed E-state index contributed by atoms with van der Waals surface area (Å²) in [4.78, 5) is 25.4. The first kappa shape index (κ1) is 21.5. The highest BCUT2D eigenvalue weighted by Crippen LogP contribution is 2.32. The van der Waals surface area contributed by atoms with Crippen LogP contribution in [0.2, 0.25) is 0 Å². The Hall–Kier alpha value is -3.23. The zero-order valence-corrected chi connectivity index (χ0v) is 16.0. The third-order valence-electron chi connectivity index (χ3n) is 4.68. The topological polar surface area (TPSA) is 81.9 Å². The molecule has 3 rings (SSSR count). The number of carbonyl (C=O) groups is 2. The SMILES string of the molecule is NC(=O)COc1ccccc1C(=O)N1CCC(Oc2cccc(C(F)(F)F)c2)CC1. The van der Waals surface area contributed by atoms with Crippen LogP contribution in [0.3, 0.4) is 0 Å². The van der Waals surface area contributed by atoms with E-state index in [0.29, 0.717) is 31.5 Å². The van der Waals surface area contributed by atoms with Crippen LogP contribution >= 0.6 is 0 Å². The fraction of sp³-hybridized carbons (Fsp3) is 0.333. The van der Waals surface area contributed by atoms with Crippen LogP contribution in [0.15, 0.2) is 48.5 Å². The molecule has 1 aliphatic heterocycles. The molecule has 0 saturated carbocycles. The van der Waals surface area contributed by atoms with Gasteiger partial charge in [0.1, 0.15) is 17.6 Å². The van der Waals surface area contributed by atoms with E-state index in [1.165, 1.54) is 12.1 Å². The molecule has 1 aliphatic rings. The third kappa shape index (κ3) is 5.43. The van der Waals surface area contributed by atoms with E-state index >= 15 is 0 Å². The molecule has 1 heterocycles. The molecule has 0 aromatic heterocycles. The molecule has 0 bridgehead atoms. The van der Waals surface area contributed by atoms with Crippen molar-refractivity contribution in [1.29, 1.82) is 0 Å². The number of amides is 2. The molecule has 2 N–H and O–H groups in total. The first-order valence-electron chi connectivity index (χ1n) is 9.37. The number of alkyl halides is 3. The first-order valence-corrected chi connectivity index (χ1v) is 9.37. The Morgan fingerprint density at radius 3 is 2.43 bits per heavy atom. The fourth-order valence-corrected chi connectivity index (χ4v) is 3.20. The van der Waals surface area contributed by atoms with Gasteiger partial charge in [0.05, 0.1) is 11.1 Å². The quantitative estimate of drug-likeness (QED) is 0.775. The van der Waals surface area contributed by atoms with E-state index < -0.39 is 17.6 Å². The van der Waals surface area contributed by atoms with Crippen LogP contribution < -0.4 is 15.2 Å². The van der Waals surface area contributed by atoms with Crippen molar-refractivity contribution < 1.29 is 32.2 Å². The van der Waals surface area contributed by atoms with Gasteiger partial charge in [-0.25, -0.2) is 0 Å². The number of piperidine rings is 1. The van der Waals surface area contributed by atoms with Crippen LogP contribution in [0.25, 0.3) is 0 Å². The predicted octanol–water partition coefficient (Wildman–Crippen LogP) is 3.25. The number of halogens is 3. The summed E-state index contributed by atoms with van der Waals surface area (Å²) >= 11 is 0. The second-order valence-corrected chi connectivity index (χ2v) is 6.89. The molecule has 0 radical (unpaired) electrons. The number of rotatable bonds is 6. The molecule has 160 valence electrons. The minimum absolute atomic E-state index is 0.153. The van der Waals surface area contributed by atoms with Crippen LogP contribution in [0.4, 0.5) is 13.2 Å². The van der Waals surface area contributed by atoms with Gasteiger partial charge in [-0.15, -0.1) is 0 Å². The molecule has 2 aromatic rings. The molecule has 0 unspecified atom stereocenters. The Balaban J connectivity index is 1.60. The number of para-hydroxylation sites is 1. The molecule has 1 fully saturated rings. The van der Waals surface area contributed by atoms with Gasteiger partial charge in [-0.05, 0) is 30.3 Å². The molecule has 1 saturated heterocycles. The van der Waals surface area contributed by atoms with Crippen molar-refractivity contribution in [3.63, 3.8) is 0 Å². The molecule has 30 heavy (non-hydrogen) atoms. The maximum atomic E-state index is 12.8. The predicted molar refractivity (Wildman–Crippen MR) is 102 cm³/mol. The van der Waals surface area contributed by atoms with Crippen LogP contribution in [-0.2, 0) is 11.0 Å². The number of ether oxygens (including phenoxy) is 2. The summed E-state index contributed by atoms with van der Waals surface area (Å²) in [5.41, 5.74) is 4.64. The van der Waals surface area contributed by atoms with Gasteiger partial charge in [-0.1, -0.05) is 18.2 Å². The number of nitrogens with zero attached hydrogens (tertiary/aromatic N) is 1. The number of hydrogen-bond donors (Lipinski definition) is 1. The van der Waals surface area contributed by atoms with Gasteiger partial charge in [-0.2, -0.15) is 13.2 Å². The summed E-state index contributed by atoms with van der Waals surface area (Å²) in [5.74, 6) is -0.485. The van der Waals surface area contributed by atoms with Gasteiger partial charge in [0.2, 0.25) is 0 Å². The zero-order valence-electron chi connectivity index (χ0n) is 16.0. The second kappa shape index (κ2) is 9.06. The fourth-order valence-electron chi connectivity index (χ4n) is 3.20. The highest BCUT2D eigenvalue weighted by Gasteiger charge is 2.31. The van der Waals surface area contributed by atoms with Crippen molar-refractivity contribution in [2.45, 2.75) is 25.1 Å². The summed E-state index contributed by atoms with van der Waals surface area (Å²) in [6.07, 6.45) is -3.77. The maximum Gasteiger partial charge on any atom is 0.416 e. The Morgan fingerprint density at radius 1 is 1.07 bits per heavy atom. The van der Waals surface area contributed by atoms with E-state index in [1.807, 2.05) is 0 Å². The Kier molecular flexibility index (Phi) is 6.49. The summed E-state index contributed by atoms with van der Waals surface area (Å²) in [5, 5.41) is 0. The number of likely N-dealkylation sites (tertiary alicyclic amines) is 1. The lowest BCUT2D eigenvalue weighted by atomic mass is 10.1. The molecule has 0 aliphatic carbocycles. The van der Waals surface area contributed by atoms with Crippen molar-refractivity contribution in [3.05, 3.63) is 59.7 Å². The van der Waals surface area contributed by atoms with Crippen LogP contribution in [0.5, 0.6) is 11.5 Å². The molecule has 9 heteroatoms. The third-order valence-corrected chi connectivity index (χ3v) is 4.68. The molecule has 2 aromatic carbocycles. The van der Waals surface area contributed by atoms with Crippen LogP contribution in [0, 0.1) is 0 Å². The van der Waals surface area contributed by atoms with E-state index in [9.17, 15) is 22.8 Å². The van der Waals surface area contributed by atoms with E-state index in [1.54, 1.807) is 29.2 Å². The Morgan fingerprint density at radius 2 is 1.77 bits per heavy atom. The van der Waals surface area contributed by atoms with Crippen LogP contribution in [-0.4, -0.2) is 42.5 Å². The average Bonchev–Trinajstić information content (AvgIpc) is 2.72. The average molecular weight is 422 g/mol. The van der Waals surface area contributed by atoms with Crippen LogP contribution in [0.1, 0.15) is 28.8 Å². The highest BCUT2D eigenvalue weighted by atomic mass is 19.4. The van der Waals surface area contributed by atoms with Gasteiger partial charge in [0.25, 0.3) is 11.8 Å². The van der Waals surface area contributed by atoms with Crippen molar-refractivity contribution in [2.75, 3.05) is 19.7 Å². The smallest absolute Gasteiger partial charge is 0.416 e. The summed E-state index contributed by atoms with van der Waals surface area (Å²) in [7, 11) is 0. The molecule has 0 atom stereocenters. The van der Waals surface area contributed by atoms with Gasteiger partial charge >= 0.3 is 6.18 Å². The number of primary amides is 1. The molecular weight excluding hydrogens is 401 g/mol. The molecule has 2 amide bonds. The van der Waals surface area contributed by atoms with Gasteiger partial charge < -0.3 is 20.1 Å². The van der Waals surface area contributed by atoms with Gasteiger partial charge in [-0.3, -0.25) is 9.59 Å². The minimum Gasteiger partial charge on any atom is -0.490 e. The van der Waals surface area contributed by atoms with Crippen molar-refractivity contribution in [3.8, 4) is 11.5 Å². The van der Waals surface area contributed by atoms with E-state index in [0.717, 1.165) is 12.1 Å². The largest absolute Gasteiger partial charge is 0.490 e. The lowest BCUT2D eigenvalue weighted by Gasteiger charge is -2.32. The van der Waals surface area contributed by atoms with E-state index in [-0.39, 0.29) is 30.1 Å². The molecule has 6 nitrogen and oxygen atoms in total. The molecule has 0 spiro atoms.